The van der Waals surface area contributed by atoms with Crippen molar-refractivity contribution in [3.05, 3.63) is 34.3 Å². The van der Waals surface area contributed by atoms with Crippen molar-refractivity contribution >= 4 is 15.9 Å². The smallest absolute Gasteiger partial charge is 0.0717 e. The van der Waals surface area contributed by atoms with Crippen LogP contribution in [0.3, 0.4) is 0 Å². The minimum atomic E-state index is 0.358. The predicted molar refractivity (Wildman–Crippen MR) is 67.9 cm³/mol. The van der Waals surface area contributed by atoms with Crippen LogP contribution in [0.4, 0.5) is 0 Å². The minimum absolute atomic E-state index is 0.358. The first-order valence-corrected chi connectivity index (χ1v) is 6.09. The van der Waals surface area contributed by atoms with E-state index in [0.717, 1.165) is 17.5 Å². The Morgan fingerprint density at radius 2 is 2.00 bits per heavy atom. The number of hydrogen-bond acceptors (Lipinski definition) is 1. The van der Waals surface area contributed by atoms with Gasteiger partial charge in [-0.1, -0.05) is 48.8 Å². The van der Waals surface area contributed by atoms with Gasteiger partial charge in [-0.25, -0.2) is 0 Å². The first kappa shape index (κ1) is 12.7. The molecule has 0 saturated carbocycles. The number of rotatable bonds is 4. The summed E-state index contributed by atoms with van der Waals surface area (Å²) in [7, 11) is 0. The average molecular weight is 271 g/mol. The van der Waals surface area contributed by atoms with Crippen LogP contribution in [0, 0.1) is 5.41 Å². The summed E-state index contributed by atoms with van der Waals surface area (Å²) < 4.78 is 6.74. The zero-order valence-corrected chi connectivity index (χ0v) is 11.3. The van der Waals surface area contributed by atoms with Crippen molar-refractivity contribution in [2.24, 2.45) is 5.41 Å². The van der Waals surface area contributed by atoms with Crippen molar-refractivity contribution in [3.8, 4) is 0 Å². The lowest BCUT2D eigenvalue weighted by molar-refractivity contribution is 0.0962. The lowest BCUT2D eigenvalue weighted by Crippen LogP contribution is -2.09. The molecule has 15 heavy (non-hydrogen) atoms. The van der Waals surface area contributed by atoms with Gasteiger partial charge in [0.05, 0.1) is 6.61 Å². The van der Waals surface area contributed by atoms with Gasteiger partial charge in [0, 0.05) is 11.1 Å². The van der Waals surface area contributed by atoms with Gasteiger partial charge in [-0.2, -0.15) is 0 Å². The Morgan fingerprint density at radius 1 is 1.27 bits per heavy atom. The van der Waals surface area contributed by atoms with Crippen LogP contribution >= 0.6 is 15.9 Å². The molecular formula is C13H19BrO. The van der Waals surface area contributed by atoms with Crippen molar-refractivity contribution in [1.29, 1.82) is 0 Å². The van der Waals surface area contributed by atoms with Gasteiger partial charge in [0.25, 0.3) is 0 Å². The molecule has 0 fully saturated rings. The highest BCUT2D eigenvalue weighted by Crippen LogP contribution is 2.18. The fraction of sp³-hybridized carbons (Fsp3) is 0.538. The third-order valence-corrected chi connectivity index (χ3v) is 2.65. The Balaban J connectivity index is 2.26. The van der Waals surface area contributed by atoms with Gasteiger partial charge < -0.3 is 4.74 Å². The lowest BCUT2D eigenvalue weighted by atomic mass is 9.93. The zero-order valence-electron chi connectivity index (χ0n) is 9.72. The van der Waals surface area contributed by atoms with E-state index >= 15 is 0 Å². The molecule has 0 unspecified atom stereocenters. The molecule has 1 rings (SSSR count). The predicted octanol–water partition coefficient (Wildman–Crippen LogP) is 4.40. The second-order valence-corrected chi connectivity index (χ2v) is 5.91. The maximum Gasteiger partial charge on any atom is 0.0717 e. The molecule has 2 heteroatoms. The van der Waals surface area contributed by atoms with Gasteiger partial charge in [0.2, 0.25) is 0 Å². The van der Waals surface area contributed by atoms with Crippen LogP contribution in [0.15, 0.2) is 28.7 Å². The molecule has 0 bridgehead atoms. The Labute approximate surface area is 101 Å². The molecule has 0 radical (unpaired) electrons. The Morgan fingerprint density at radius 3 is 2.60 bits per heavy atom. The molecular weight excluding hydrogens is 252 g/mol. The zero-order chi connectivity index (χ0) is 11.3. The van der Waals surface area contributed by atoms with E-state index < -0.39 is 0 Å². The van der Waals surface area contributed by atoms with Gasteiger partial charge in [-0.15, -0.1) is 0 Å². The molecule has 0 N–H and O–H groups in total. The molecule has 0 saturated heterocycles. The maximum absolute atomic E-state index is 5.63. The molecule has 0 heterocycles. The summed E-state index contributed by atoms with van der Waals surface area (Å²) in [5.41, 5.74) is 1.58. The van der Waals surface area contributed by atoms with Crippen LogP contribution in [0.25, 0.3) is 0 Å². The summed E-state index contributed by atoms with van der Waals surface area (Å²) in [6, 6.07) is 8.24. The lowest BCUT2D eigenvalue weighted by Gasteiger charge is -2.17. The van der Waals surface area contributed by atoms with Crippen molar-refractivity contribution in [2.45, 2.75) is 33.8 Å². The SMILES string of the molecule is CC(C)(C)CCOCc1cccc(Br)c1. The molecule has 84 valence electrons. The van der Waals surface area contributed by atoms with E-state index in [1.54, 1.807) is 0 Å². The van der Waals surface area contributed by atoms with E-state index in [1.165, 1.54) is 5.56 Å². The molecule has 0 aliphatic rings. The Bertz CT molecular complexity index is 302. The monoisotopic (exact) mass is 270 g/mol. The van der Waals surface area contributed by atoms with E-state index in [0.29, 0.717) is 12.0 Å². The third kappa shape index (κ3) is 5.95. The van der Waals surface area contributed by atoms with Crippen molar-refractivity contribution in [2.75, 3.05) is 6.61 Å². The van der Waals surface area contributed by atoms with Gasteiger partial charge >= 0.3 is 0 Å². The van der Waals surface area contributed by atoms with Crippen LogP contribution < -0.4 is 0 Å². The van der Waals surface area contributed by atoms with E-state index in [9.17, 15) is 0 Å². The number of ether oxygens (including phenoxy) is 1. The van der Waals surface area contributed by atoms with Gasteiger partial charge in [-0.3, -0.25) is 0 Å². The first-order chi connectivity index (χ1) is 6.97. The molecule has 1 aromatic carbocycles. The first-order valence-electron chi connectivity index (χ1n) is 5.29. The third-order valence-electron chi connectivity index (χ3n) is 2.15. The van der Waals surface area contributed by atoms with Crippen LogP contribution in [0.2, 0.25) is 0 Å². The second kappa shape index (κ2) is 5.66. The quantitative estimate of drug-likeness (QED) is 0.737. The van der Waals surface area contributed by atoms with Crippen LogP contribution in [-0.2, 0) is 11.3 Å². The fourth-order valence-electron chi connectivity index (χ4n) is 1.20. The minimum Gasteiger partial charge on any atom is -0.377 e. The van der Waals surface area contributed by atoms with Gasteiger partial charge in [0.15, 0.2) is 0 Å². The highest BCUT2D eigenvalue weighted by Gasteiger charge is 2.09. The van der Waals surface area contributed by atoms with Crippen LogP contribution in [0.1, 0.15) is 32.8 Å². The molecule has 1 nitrogen and oxygen atoms in total. The number of hydrogen-bond donors (Lipinski definition) is 0. The van der Waals surface area contributed by atoms with E-state index in [-0.39, 0.29) is 0 Å². The summed E-state index contributed by atoms with van der Waals surface area (Å²) in [5, 5.41) is 0. The Hall–Kier alpha value is -0.340. The summed E-state index contributed by atoms with van der Waals surface area (Å²) in [6.07, 6.45) is 1.10. The summed E-state index contributed by atoms with van der Waals surface area (Å²) in [5.74, 6) is 0. The largest absolute Gasteiger partial charge is 0.377 e. The van der Waals surface area contributed by atoms with Crippen molar-refractivity contribution in [1.82, 2.24) is 0 Å². The molecule has 0 amide bonds. The molecule has 0 aromatic heterocycles. The summed E-state index contributed by atoms with van der Waals surface area (Å²) in [6.45, 7) is 8.23. The maximum atomic E-state index is 5.63. The molecule has 0 aliphatic carbocycles. The summed E-state index contributed by atoms with van der Waals surface area (Å²) in [4.78, 5) is 0. The fourth-order valence-corrected chi connectivity index (χ4v) is 1.64. The van der Waals surface area contributed by atoms with Crippen LogP contribution in [-0.4, -0.2) is 6.61 Å². The molecule has 0 aliphatic heterocycles. The van der Waals surface area contributed by atoms with E-state index in [4.69, 9.17) is 4.74 Å². The normalized spacial score (nSPS) is 11.7. The molecule has 0 spiro atoms. The summed E-state index contributed by atoms with van der Waals surface area (Å²) >= 11 is 3.45. The van der Waals surface area contributed by atoms with Crippen molar-refractivity contribution < 1.29 is 4.74 Å². The van der Waals surface area contributed by atoms with Crippen molar-refractivity contribution in [3.63, 3.8) is 0 Å². The number of benzene rings is 1. The van der Waals surface area contributed by atoms with Gasteiger partial charge in [0.1, 0.15) is 0 Å². The average Bonchev–Trinajstić information content (AvgIpc) is 2.11. The Kier molecular flexibility index (Phi) is 4.81. The number of halogens is 1. The van der Waals surface area contributed by atoms with Crippen LogP contribution in [0.5, 0.6) is 0 Å². The highest BCUT2D eigenvalue weighted by molar-refractivity contribution is 9.10. The topological polar surface area (TPSA) is 9.23 Å². The second-order valence-electron chi connectivity index (χ2n) is 4.99. The highest BCUT2D eigenvalue weighted by atomic mass is 79.9. The standard InChI is InChI=1S/C13H19BrO/c1-13(2,3)7-8-15-10-11-5-4-6-12(14)9-11/h4-6,9H,7-8,10H2,1-3H3. The molecule has 0 atom stereocenters. The van der Waals surface area contributed by atoms with E-state index in [2.05, 4.69) is 48.8 Å². The molecule has 1 aromatic rings. The van der Waals surface area contributed by atoms with E-state index in [1.807, 2.05) is 12.1 Å². The van der Waals surface area contributed by atoms with Gasteiger partial charge in [-0.05, 0) is 29.5 Å².